The average Bonchev–Trinajstić information content (AvgIpc) is 2.77. The predicted molar refractivity (Wildman–Crippen MR) is 73.5 cm³/mol. The fraction of sp³-hybridized carbons (Fsp3) is 0.357. The summed E-state index contributed by atoms with van der Waals surface area (Å²) in [7, 11) is 2.01. The second-order valence-corrected chi connectivity index (χ2v) is 5.37. The molecule has 2 aromatic rings. The molecule has 0 radical (unpaired) electrons. The molecule has 2 nitrogen and oxygen atoms in total. The first-order valence-corrected chi connectivity index (χ1v) is 6.71. The van der Waals surface area contributed by atoms with Crippen molar-refractivity contribution in [3.8, 4) is 0 Å². The van der Waals surface area contributed by atoms with Crippen LogP contribution in [0.2, 0.25) is 0 Å². The second-order valence-electron chi connectivity index (χ2n) is 4.39. The van der Waals surface area contributed by atoms with Crippen LogP contribution >= 0.6 is 11.3 Å². The second kappa shape index (κ2) is 5.43. The topological polar surface area (TPSA) is 24.9 Å². The smallest absolute Gasteiger partial charge is 0.0943 e. The van der Waals surface area contributed by atoms with Crippen LogP contribution in [-0.2, 0) is 6.42 Å². The number of thiazole rings is 1. The maximum absolute atomic E-state index is 4.35. The van der Waals surface area contributed by atoms with Gasteiger partial charge in [-0.15, -0.1) is 11.3 Å². The van der Waals surface area contributed by atoms with E-state index in [1.165, 1.54) is 21.7 Å². The first-order valence-electron chi connectivity index (χ1n) is 5.83. The monoisotopic (exact) mass is 246 g/mol. The highest BCUT2D eigenvalue weighted by atomic mass is 32.1. The van der Waals surface area contributed by atoms with E-state index in [0.717, 1.165) is 6.42 Å². The SMILES string of the molecule is CNC(Cc1nccs1)c1cc(C)cc(C)c1. The van der Waals surface area contributed by atoms with Crippen LogP contribution in [0.15, 0.2) is 29.8 Å². The van der Waals surface area contributed by atoms with E-state index in [2.05, 4.69) is 42.3 Å². The molecule has 17 heavy (non-hydrogen) atoms. The largest absolute Gasteiger partial charge is 0.313 e. The van der Waals surface area contributed by atoms with Gasteiger partial charge in [0.05, 0.1) is 5.01 Å². The van der Waals surface area contributed by atoms with Gasteiger partial charge < -0.3 is 5.32 Å². The zero-order valence-electron chi connectivity index (χ0n) is 10.5. The zero-order valence-corrected chi connectivity index (χ0v) is 11.3. The molecule has 0 saturated carbocycles. The molecule has 1 aromatic carbocycles. The number of hydrogen-bond donors (Lipinski definition) is 1. The molecule has 0 bridgehead atoms. The number of nitrogens with zero attached hydrogens (tertiary/aromatic N) is 1. The first-order chi connectivity index (χ1) is 8.19. The molecule has 1 heterocycles. The highest BCUT2D eigenvalue weighted by Gasteiger charge is 2.12. The van der Waals surface area contributed by atoms with Gasteiger partial charge in [0.2, 0.25) is 0 Å². The molecule has 0 aliphatic carbocycles. The van der Waals surface area contributed by atoms with Gasteiger partial charge >= 0.3 is 0 Å². The van der Waals surface area contributed by atoms with Crippen LogP contribution in [0.25, 0.3) is 0 Å². The summed E-state index contributed by atoms with van der Waals surface area (Å²) in [6.45, 7) is 4.29. The molecule has 3 heteroatoms. The Labute approximate surface area is 107 Å². The van der Waals surface area contributed by atoms with Crippen LogP contribution in [0.3, 0.4) is 0 Å². The van der Waals surface area contributed by atoms with Crippen molar-refractivity contribution in [2.45, 2.75) is 26.3 Å². The Morgan fingerprint density at radius 3 is 2.47 bits per heavy atom. The summed E-state index contributed by atoms with van der Waals surface area (Å²) in [6.07, 6.45) is 2.82. The standard InChI is InChI=1S/C14H18N2S/c1-10-6-11(2)8-12(7-10)13(15-3)9-14-16-4-5-17-14/h4-8,13,15H,9H2,1-3H3. The molecule has 90 valence electrons. The van der Waals surface area contributed by atoms with Gasteiger partial charge in [-0.25, -0.2) is 4.98 Å². The Hall–Kier alpha value is -1.19. The number of aromatic nitrogens is 1. The third-order valence-corrected chi connectivity index (χ3v) is 3.66. The Bertz CT molecular complexity index is 457. The average molecular weight is 246 g/mol. The van der Waals surface area contributed by atoms with E-state index in [9.17, 15) is 0 Å². The number of likely N-dealkylation sites (N-methyl/N-ethyl adjacent to an activating group) is 1. The minimum Gasteiger partial charge on any atom is -0.313 e. The van der Waals surface area contributed by atoms with Gasteiger partial charge in [0.15, 0.2) is 0 Å². The van der Waals surface area contributed by atoms with Crippen molar-refractivity contribution in [3.63, 3.8) is 0 Å². The minimum absolute atomic E-state index is 0.347. The summed E-state index contributed by atoms with van der Waals surface area (Å²) < 4.78 is 0. The Kier molecular flexibility index (Phi) is 3.92. The molecule has 0 aliphatic heterocycles. The van der Waals surface area contributed by atoms with Crippen molar-refractivity contribution < 1.29 is 0 Å². The molecular formula is C14H18N2S. The lowest BCUT2D eigenvalue weighted by molar-refractivity contribution is 0.589. The van der Waals surface area contributed by atoms with Gasteiger partial charge in [0.1, 0.15) is 0 Å². The molecule has 0 fully saturated rings. The summed E-state index contributed by atoms with van der Waals surface area (Å²) in [5.41, 5.74) is 3.99. The van der Waals surface area contributed by atoms with Crippen LogP contribution in [0.1, 0.15) is 27.7 Å². The van der Waals surface area contributed by atoms with Crippen molar-refractivity contribution in [2.24, 2.45) is 0 Å². The summed E-state index contributed by atoms with van der Waals surface area (Å²) in [6, 6.07) is 7.06. The normalized spacial score (nSPS) is 12.6. The van der Waals surface area contributed by atoms with E-state index in [-0.39, 0.29) is 0 Å². The molecule has 1 unspecified atom stereocenters. The fourth-order valence-electron chi connectivity index (χ4n) is 2.13. The Morgan fingerprint density at radius 1 is 1.24 bits per heavy atom. The maximum Gasteiger partial charge on any atom is 0.0943 e. The highest BCUT2D eigenvalue weighted by molar-refractivity contribution is 7.09. The van der Waals surface area contributed by atoms with Gasteiger partial charge in [0, 0.05) is 24.0 Å². The number of benzene rings is 1. The molecule has 2 rings (SSSR count). The van der Waals surface area contributed by atoms with Crippen molar-refractivity contribution >= 4 is 11.3 Å². The molecule has 1 N–H and O–H groups in total. The molecule has 0 aliphatic rings. The van der Waals surface area contributed by atoms with E-state index in [0.29, 0.717) is 6.04 Å². The van der Waals surface area contributed by atoms with Crippen LogP contribution < -0.4 is 5.32 Å². The third kappa shape index (κ3) is 3.14. The summed E-state index contributed by atoms with van der Waals surface area (Å²) in [5.74, 6) is 0. The van der Waals surface area contributed by atoms with Crippen LogP contribution in [0.4, 0.5) is 0 Å². The van der Waals surface area contributed by atoms with Gasteiger partial charge in [-0.3, -0.25) is 0 Å². The lowest BCUT2D eigenvalue weighted by Gasteiger charge is -2.16. The summed E-state index contributed by atoms with van der Waals surface area (Å²) in [4.78, 5) is 4.35. The third-order valence-electron chi connectivity index (χ3n) is 2.86. The predicted octanol–water partition coefficient (Wildman–Crippen LogP) is 3.26. The molecule has 0 amide bonds. The van der Waals surface area contributed by atoms with Gasteiger partial charge in [-0.1, -0.05) is 29.3 Å². The highest BCUT2D eigenvalue weighted by Crippen LogP contribution is 2.21. The Balaban J connectivity index is 2.22. The number of aryl methyl sites for hydroxylation is 2. The van der Waals surface area contributed by atoms with Crippen LogP contribution in [0.5, 0.6) is 0 Å². The fourth-order valence-corrected chi connectivity index (χ4v) is 2.79. The molecule has 0 saturated heterocycles. The molecule has 0 spiro atoms. The van der Waals surface area contributed by atoms with E-state index in [1.54, 1.807) is 11.3 Å². The van der Waals surface area contributed by atoms with E-state index in [4.69, 9.17) is 0 Å². The summed E-state index contributed by atoms with van der Waals surface area (Å²) >= 11 is 1.72. The zero-order chi connectivity index (χ0) is 12.3. The first kappa shape index (κ1) is 12.3. The van der Waals surface area contributed by atoms with Crippen molar-refractivity contribution in [1.29, 1.82) is 0 Å². The van der Waals surface area contributed by atoms with E-state index in [1.807, 2.05) is 18.6 Å². The van der Waals surface area contributed by atoms with Crippen molar-refractivity contribution in [2.75, 3.05) is 7.05 Å². The molecule has 1 aromatic heterocycles. The minimum atomic E-state index is 0.347. The van der Waals surface area contributed by atoms with Gasteiger partial charge in [-0.05, 0) is 26.5 Å². The molecule has 1 atom stereocenters. The van der Waals surface area contributed by atoms with Gasteiger partial charge in [0.25, 0.3) is 0 Å². The quantitative estimate of drug-likeness (QED) is 0.895. The number of nitrogens with one attached hydrogen (secondary N) is 1. The van der Waals surface area contributed by atoms with E-state index >= 15 is 0 Å². The number of rotatable bonds is 4. The van der Waals surface area contributed by atoms with Crippen LogP contribution in [-0.4, -0.2) is 12.0 Å². The number of hydrogen-bond acceptors (Lipinski definition) is 3. The van der Waals surface area contributed by atoms with E-state index < -0.39 is 0 Å². The van der Waals surface area contributed by atoms with Gasteiger partial charge in [-0.2, -0.15) is 0 Å². The lowest BCUT2D eigenvalue weighted by atomic mass is 9.99. The molecular weight excluding hydrogens is 228 g/mol. The van der Waals surface area contributed by atoms with Crippen molar-refractivity contribution in [1.82, 2.24) is 10.3 Å². The maximum atomic E-state index is 4.35. The Morgan fingerprint density at radius 2 is 1.94 bits per heavy atom. The van der Waals surface area contributed by atoms with Crippen LogP contribution in [0, 0.1) is 13.8 Å². The lowest BCUT2D eigenvalue weighted by Crippen LogP contribution is -2.19. The van der Waals surface area contributed by atoms with Crippen molar-refractivity contribution in [3.05, 3.63) is 51.5 Å². The summed E-state index contributed by atoms with van der Waals surface area (Å²) in [5, 5.41) is 6.59.